The average Bonchev–Trinajstić information content (AvgIpc) is 2.86. The first-order valence-corrected chi connectivity index (χ1v) is 13.7. The monoisotopic (exact) mass is 495 g/mol. The van der Waals surface area contributed by atoms with Crippen LogP contribution in [0.4, 0.5) is 0 Å². The molecular weight excluding hydrogens is 457 g/mol. The van der Waals surface area contributed by atoms with E-state index in [0.717, 1.165) is 18.8 Å². The Morgan fingerprint density at radius 1 is 0.722 bits per heavy atom. The number of hydrogen-bond acceptors (Lipinski definition) is 2. The molecule has 0 aliphatic heterocycles. The van der Waals surface area contributed by atoms with Gasteiger partial charge in [0, 0.05) is 18.4 Å². The number of hydrogen-bond donors (Lipinski definition) is 1. The molecule has 36 heavy (non-hydrogen) atoms. The van der Waals surface area contributed by atoms with Gasteiger partial charge in [-0.2, -0.15) is 0 Å². The van der Waals surface area contributed by atoms with Crippen LogP contribution in [0.2, 0.25) is 0 Å². The Kier molecular flexibility index (Phi) is 8.62. The largest absolute Gasteiger partial charge is 0.488 e. The molecule has 4 rings (SSSR count). The normalized spacial score (nSPS) is 11.8. The van der Waals surface area contributed by atoms with E-state index >= 15 is 0 Å². The molecule has 3 heteroatoms. The molecular formula is C33H38NOP. The molecule has 0 fully saturated rings. The van der Waals surface area contributed by atoms with Crippen LogP contribution >= 0.6 is 8.58 Å². The fourth-order valence-corrected chi connectivity index (χ4v) is 5.84. The molecule has 0 heterocycles. The van der Waals surface area contributed by atoms with Crippen LogP contribution in [0.5, 0.6) is 5.75 Å². The number of rotatable bonds is 9. The van der Waals surface area contributed by atoms with E-state index in [1.807, 2.05) is 6.07 Å². The molecule has 0 aliphatic carbocycles. The van der Waals surface area contributed by atoms with Crippen LogP contribution in [0.1, 0.15) is 54.2 Å². The van der Waals surface area contributed by atoms with Gasteiger partial charge in [0.1, 0.15) is 12.4 Å². The zero-order valence-corrected chi connectivity index (χ0v) is 23.2. The van der Waals surface area contributed by atoms with Gasteiger partial charge in [-0.1, -0.05) is 114 Å². The van der Waals surface area contributed by atoms with E-state index in [2.05, 4.69) is 125 Å². The third kappa shape index (κ3) is 6.84. The Morgan fingerprint density at radius 2 is 1.39 bits per heavy atom. The van der Waals surface area contributed by atoms with Crippen molar-refractivity contribution in [1.29, 1.82) is 0 Å². The summed E-state index contributed by atoms with van der Waals surface area (Å²) in [6, 6.07) is 32.4. The first-order valence-electron chi connectivity index (χ1n) is 12.7. The summed E-state index contributed by atoms with van der Waals surface area (Å²) < 4.78 is 6.50. The van der Waals surface area contributed by atoms with Crippen molar-refractivity contribution in [1.82, 2.24) is 5.32 Å². The number of aryl methyl sites for hydroxylation is 2. The van der Waals surface area contributed by atoms with Crippen molar-refractivity contribution in [2.75, 3.05) is 0 Å². The Morgan fingerprint density at radius 3 is 2.06 bits per heavy atom. The summed E-state index contributed by atoms with van der Waals surface area (Å²) in [6.45, 7) is 13.5. The van der Waals surface area contributed by atoms with E-state index in [1.54, 1.807) is 0 Å². The topological polar surface area (TPSA) is 21.3 Å². The van der Waals surface area contributed by atoms with Crippen molar-refractivity contribution in [3.8, 4) is 5.75 Å². The predicted octanol–water partition coefficient (Wildman–Crippen LogP) is 7.10. The highest BCUT2D eigenvalue weighted by Gasteiger charge is 2.20. The molecule has 2 nitrogen and oxygen atoms in total. The predicted molar refractivity (Wildman–Crippen MR) is 156 cm³/mol. The molecule has 0 amide bonds. The lowest BCUT2D eigenvalue weighted by Gasteiger charge is -2.24. The minimum Gasteiger partial charge on any atom is -0.488 e. The van der Waals surface area contributed by atoms with E-state index in [4.69, 9.17) is 4.74 Å². The van der Waals surface area contributed by atoms with Crippen LogP contribution < -0.4 is 20.7 Å². The first-order chi connectivity index (χ1) is 17.3. The van der Waals surface area contributed by atoms with Gasteiger partial charge in [-0.3, -0.25) is 0 Å². The molecule has 0 spiro atoms. The second-order valence-corrected chi connectivity index (χ2v) is 11.8. The fourth-order valence-electron chi connectivity index (χ4n) is 4.35. The van der Waals surface area contributed by atoms with Crippen molar-refractivity contribution < 1.29 is 4.74 Å². The lowest BCUT2D eigenvalue weighted by molar-refractivity contribution is 0.306. The average molecular weight is 496 g/mol. The van der Waals surface area contributed by atoms with Gasteiger partial charge in [0.05, 0.1) is 0 Å². The molecule has 4 aromatic carbocycles. The Hall–Kier alpha value is -2.93. The minimum absolute atomic E-state index is 0.0771. The van der Waals surface area contributed by atoms with Gasteiger partial charge in [-0.05, 0) is 64.0 Å². The zero-order chi connectivity index (χ0) is 25.5. The van der Waals surface area contributed by atoms with E-state index in [0.29, 0.717) is 15.2 Å². The van der Waals surface area contributed by atoms with Gasteiger partial charge in [-0.25, -0.2) is 0 Å². The molecule has 0 saturated carbocycles. The summed E-state index contributed by atoms with van der Waals surface area (Å²) in [5.41, 5.74) is 7.82. The van der Waals surface area contributed by atoms with Gasteiger partial charge < -0.3 is 10.1 Å². The minimum atomic E-state index is 0.0771. The zero-order valence-electron chi connectivity index (χ0n) is 22.2. The molecule has 0 saturated heterocycles. The van der Waals surface area contributed by atoms with E-state index < -0.39 is 0 Å². The molecule has 1 N–H and O–H groups in total. The van der Waals surface area contributed by atoms with Crippen molar-refractivity contribution in [3.05, 3.63) is 124 Å². The number of benzene rings is 4. The summed E-state index contributed by atoms with van der Waals surface area (Å²) in [6.07, 6.45) is 0. The van der Waals surface area contributed by atoms with Crippen LogP contribution in [-0.4, -0.2) is 0 Å². The third-order valence-corrected chi connectivity index (χ3v) is 8.08. The number of nitrogens with one attached hydrogen (secondary N) is 1. The maximum absolute atomic E-state index is 6.50. The van der Waals surface area contributed by atoms with E-state index in [-0.39, 0.29) is 5.41 Å². The Balaban J connectivity index is 1.63. The second-order valence-electron chi connectivity index (χ2n) is 10.5. The van der Waals surface area contributed by atoms with E-state index in [9.17, 15) is 0 Å². The maximum atomic E-state index is 6.50. The highest BCUT2D eigenvalue weighted by atomic mass is 31.1. The second kappa shape index (κ2) is 11.9. The molecule has 0 radical (unpaired) electrons. The molecule has 0 bridgehead atoms. The summed E-state index contributed by atoms with van der Waals surface area (Å²) >= 11 is 0. The summed E-state index contributed by atoms with van der Waals surface area (Å²) in [4.78, 5) is 0. The first kappa shape index (κ1) is 26.1. The molecule has 4 aromatic rings. The van der Waals surface area contributed by atoms with Crippen LogP contribution in [0.15, 0.2) is 91.0 Å². The third-order valence-electron chi connectivity index (χ3n) is 6.47. The summed E-state index contributed by atoms with van der Waals surface area (Å²) in [7, 11) is 0.525. The van der Waals surface area contributed by atoms with Gasteiger partial charge in [-0.15, -0.1) is 0 Å². The molecule has 186 valence electrons. The van der Waals surface area contributed by atoms with Crippen LogP contribution in [0.3, 0.4) is 0 Å². The Labute approximate surface area is 218 Å². The van der Waals surface area contributed by atoms with Crippen molar-refractivity contribution in [2.24, 2.45) is 0 Å². The lowest BCUT2D eigenvalue weighted by atomic mass is 9.86. The number of ether oxygens (including phenoxy) is 1. The maximum Gasteiger partial charge on any atom is 0.130 e. The lowest BCUT2D eigenvalue weighted by Crippen LogP contribution is -2.22. The van der Waals surface area contributed by atoms with Crippen LogP contribution in [-0.2, 0) is 25.1 Å². The van der Waals surface area contributed by atoms with Gasteiger partial charge in [0.25, 0.3) is 0 Å². The van der Waals surface area contributed by atoms with Gasteiger partial charge in [0.2, 0.25) is 0 Å². The molecule has 1 unspecified atom stereocenters. The van der Waals surface area contributed by atoms with Crippen LogP contribution in [0.25, 0.3) is 0 Å². The van der Waals surface area contributed by atoms with Gasteiger partial charge >= 0.3 is 0 Å². The highest BCUT2D eigenvalue weighted by Crippen LogP contribution is 2.32. The van der Waals surface area contributed by atoms with Crippen molar-refractivity contribution in [2.45, 2.75) is 59.7 Å². The van der Waals surface area contributed by atoms with Crippen molar-refractivity contribution in [3.63, 3.8) is 0 Å². The fraction of sp³-hybridized carbons (Fsp3) is 0.273. The quantitative estimate of drug-likeness (QED) is 0.250. The molecule has 0 aromatic heterocycles. The van der Waals surface area contributed by atoms with Gasteiger partial charge in [0.15, 0.2) is 0 Å². The highest BCUT2D eigenvalue weighted by molar-refractivity contribution is 7.56. The molecule has 0 aliphatic rings. The summed E-state index contributed by atoms with van der Waals surface area (Å²) in [5, 5.41) is 6.35. The van der Waals surface area contributed by atoms with E-state index in [1.165, 1.54) is 44.0 Å². The van der Waals surface area contributed by atoms with Crippen molar-refractivity contribution >= 4 is 19.2 Å². The summed E-state index contributed by atoms with van der Waals surface area (Å²) in [5.74, 6) is 1.02. The Bertz CT molecular complexity index is 1280. The standard InChI is InChI=1S/C33H38NOP/c1-24-13-12-18-28(22-34-21-26-14-8-6-9-15-26)32(24)36-30-20-29(33(3,4)5)19-25(2)31(30)35-23-27-16-10-7-11-17-27/h6-20,34,36H,21-23H2,1-5H3. The smallest absolute Gasteiger partial charge is 0.130 e. The van der Waals surface area contributed by atoms with Crippen LogP contribution in [0, 0.1) is 13.8 Å². The molecule has 1 atom stereocenters. The SMILES string of the molecule is Cc1cc(C(C)(C)C)cc(Pc2c(C)cccc2CNCc2ccccc2)c1OCc1ccccc1.